The number of nitrogens with zero attached hydrogens (tertiary/aromatic N) is 1. The largest absolute Gasteiger partial charge is 0.314 e. The lowest BCUT2D eigenvalue weighted by molar-refractivity contribution is 0.162. The zero-order chi connectivity index (χ0) is 13.7. The summed E-state index contributed by atoms with van der Waals surface area (Å²) in [6, 6.07) is 7.06. The van der Waals surface area contributed by atoms with Crippen LogP contribution in [0.25, 0.3) is 0 Å². The molecular formula is C15H24Br2Cl2N2. The highest BCUT2D eigenvalue weighted by molar-refractivity contribution is 9.11. The Kier molecular flexibility index (Phi) is 11.6. The van der Waals surface area contributed by atoms with Gasteiger partial charge in [-0.2, -0.15) is 0 Å². The van der Waals surface area contributed by atoms with Crippen LogP contribution in [0, 0.1) is 0 Å². The number of halogens is 4. The van der Waals surface area contributed by atoms with E-state index in [1.165, 1.54) is 33.8 Å². The van der Waals surface area contributed by atoms with Gasteiger partial charge < -0.3 is 5.32 Å². The molecule has 0 unspecified atom stereocenters. The van der Waals surface area contributed by atoms with Gasteiger partial charge in [0.2, 0.25) is 0 Å². The van der Waals surface area contributed by atoms with Gasteiger partial charge in [-0.3, -0.25) is 4.90 Å². The predicted molar refractivity (Wildman–Crippen MR) is 103 cm³/mol. The SMILES string of the molecule is CCCC[C@@H](c1cc(Br)ccc1Br)N1CCNCC1.Cl.Cl. The third kappa shape index (κ3) is 6.36. The van der Waals surface area contributed by atoms with Crippen LogP contribution in [0.1, 0.15) is 37.8 Å². The van der Waals surface area contributed by atoms with Gasteiger partial charge in [-0.1, -0.05) is 51.6 Å². The highest BCUT2D eigenvalue weighted by Crippen LogP contribution is 2.34. The van der Waals surface area contributed by atoms with Gasteiger partial charge in [-0.25, -0.2) is 0 Å². The molecule has 2 rings (SSSR count). The lowest BCUT2D eigenvalue weighted by Crippen LogP contribution is -2.45. The second-order valence-electron chi connectivity index (χ2n) is 5.11. The molecule has 1 fully saturated rings. The van der Waals surface area contributed by atoms with Crippen molar-refractivity contribution in [2.24, 2.45) is 0 Å². The maximum atomic E-state index is 3.73. The molecule has 0 saturated carbocycles. The topological polar surface area (TPSA) is 15.3 Å². The van der Waals surface area contributed by atoms with E-state index < -0.39 is 0 Å². The summed E-state index contributed by atoms with van der Waals surface area (Å²) in [5.74, 6) is 0. The predicted octanol–water partition coefficient (Wildman–Crippen LogP) is 5.19. The molecule has 1 aliphatic heterocycles. The first-order valence-electron chi connectivity index (χ1n) is 7.12. The van der Waals surface area contributed by atoms with E-state index in [9.17, 15) is 0 Å². The van der Waals surface area contributed by atoms with Crippen LogP contribution in [0.2, 0.25) is 0 Å². The van der Waals surface area contributed by atoms with Crippen LogP contribution in [0.15, 0.2) is 27.1 Å². The summed E-state index contributed by atoms with van der Waals surface area (Å²) < 4.78 is 2.40. The van der Waals surface area contributed by atoms with Crippen molar-refractivity contribution in [3.63, 3.8) is 0 Å². The summed E-state index contributed by atoms with van der Waals surface area (Å²) in [6.07, 6.45) is 3.79. The van der Waals surface area contributed by atoms with Gasteiger partial charge in [0.1, 0.15) is 0 Å². The van der Waals surface area contributed by atoms with E-state index in [0.717, 1.165) is 26.2 Å². The maximum absolute atomic E-state index is 3.73. The molecule has 1 aliphatic rings. The normalized spacial score (nSPS) is 16.7. The number of nitrogens with one attached hydrogen (secondary N) is 1. The molecular weight excluding hydrogens is 439 g/mol. The zero-order valence-electron chi connectivity index (χ0n) is 12.3. The molecule has 2 nitrogen and oxygen atoms in total. The van der Waals surface area contributed by atoms with Crippen molar-refractivity contribution in [1.82, 2.24) is 10.2 Å². The first-order valence-corrected chi connectivity index (χ1v) is 8.70. The maximum Gasteiger partial charge on any atom is 0.0360 e. The van der Waals surface area contributed by atoms with E-state index in [0.29, 0.717) is 6.04 Å². The van der Waals surface area contributed by atoms with Gasteiger partial charge in [0, 0.05) is 41.2 Å². The minimum Gasteiger partial charge on any atom is -0.314 e. The van der Waals surface area contributed by atoms with E-state index in [4.69, 9.17) is 0 Å². The summed E-state index contributed by atoms with van der Waals surface area (Å²) in [5.41, 5.74) is 1.42. The summed E-state index contributed by atoms with van der Waals surface area (Å²) in [7, 11) is 0. The number of piperazine rings is 1. The third-order valence-electron chi connectivity index (χ3n) is 3.74. The molecule has 0 radical (unpaired) electrons. The smallest absolute Gasteiger partial charge is 0.0360 e. The Morgan fingerprint density at radius 3 is 2.48 bits per heavy atom. The lowest BCUT2D eigenvalue weighted by atomic mass is 9.99. The first-order chi connectivity index (χ1) is 9.22. The van der Waals surface area contributed by atoms with Crippen molar-refractivity contribution in [1.29, 1.82) is 0 Å². The van der Waals surface area contributed by atoms with Crippen molar-refractivity contribution in [2.75, 3.05) is 26.2 Å². The Morgan fingerprint density at radius 1 is 1.19 bits per heavy atom. The van der Waals surface area contributed by atoms with Gasteiger partial charge in [0.15, 0.2) is 0 Å². The molecule has 6 heteroatoms. The van der Waals surface area contributed by atoms with Crippen molar-refractivity contribution in [3.05, 3.63) is 32.7 Å². The molecule has 1 aromatic rings. The Labute approximate surface area is 157 Å². The molecule has 0 bridgehead atoms. The molecule has 1 heterocycles. The molecule has 0 amide bonds. The van der Waals surface area contributed by atoms with Gasteiger partial charge in [0.25, 0.3) is 0 Å². The fraction of sp³-hybridized carbons (Fsp3) is 0.600. The molecule has 0 aliphatic carbocycles. The van der Waals surface area contributed by atoms with E-state index in [1.807, 2.05) is 0 Å². The van der Waals surface area contributed by atoms with E-state index in [-0.39, 0.29) is 24.8 Å². The fourth-order valence-electron chi connectivity index (χ4n) is 2.70. The molecule has 1 aromatic carbocycles. The van der Waals surface area contributed by atoms with Crippen LogP contribution >= 0.6 is 56.7 Å². The minimum atomic E-state index is 0. The van der Waals surface area contributed by atoms with Crippen LogP contribution in [-0.2, 0) is 0 Å². The number of rotatable bonds is 5. The first kappa shape index (κ1) is 21.7. The zero-order valence-corrected chi connectivity index (χ0v) is 17.1. The minimum absolute atomic E-state index is 0. The van der Waals surface area contributed by atoms with Crippen LogP contribution in [0.5, 0.6) is 0 Å². The standard InChI is InChI=1S/C15H22Br2N2.2ClH/c1-2-3-4-15(19-9-7-18-8-10-19)13-11-12(16)5-6-14(13)17;;/h5-6,11,15,18H,2-4,7-10H2,1H3;2*1H/t15-;;/m0../s1. The molecule has 21 heavy (non-hydrogen) atoms. The van der Waals surface area contributed by atoms with Gasteiger partial charge in [0.05, 0.1) is 0 Å². The quantitative estimate of drug-likeness (QED) is 0.647. The Hall–Kier alpha value is 0.680. The van der Waals surface area contributed by atoms with Crippen LogP contribution in [0.3, 0.4) is 0 Å². The summed E-state index contributed by atoms with van der Waals surface area (Å²) >= 11 is 7.33. The number of hydrogen-bond donors (Lipinski definition) is 1. The molecule has 0 aromatic heterocycles. The van der Waals surface area contributed by atoms with E-state index >= 15 is 0 Å². The van der Waals surface area contributed by atoms with Gasteiger partial charge in [-0.05, 0) is 30.2 Å². The second kappa shape index (κ2) is 11.3. The van der Waals surface area contributed by atoms with Gasteiger partial charge in [-0.15, -0.1) is 24.8 Å². The van der Waals surface area contributed by atoms with Crippen molar-refractivity contribution >= 4 is 56.7 Å². The van der Waals surface area contributed by atoms with Crippen molar-refractivity contribution in [2.45, 2.75) is 32.2 Å². The number of hydrogen-bond acceptors (Lipinski definition) is 2. The summed E-state index contributed by atoms with van der Waals surface area (Å²) in [6.45, 7) is 6.77. The molecule has 0 spiro atoms. The average Bonchev–Trinajstić information content (AvgIpc) is 2.44. The average molecular weight is 463 g/mol. The Bertz CT molecular complexity index is 413. The molecule has 1 saturated heterocycles. The Balaban J connectivity index is 0.00000200. The summed E-state index contributed by atoms with van der Waals surface area (Å²) in [5, 5.41) is 3.44. The number of unbranched alkanes of at least 4 members (excludes halogenated alkanes) is 1. The molecule has 122 valence electrons. The Morgan fingerprint density at radius 2 is 1.86 bits per heavy atom. The molecule has 1 N–H and O–H groups in total. The van der Waals surface area contributed by atoms with Crippen molar-refractivity contribution < 1.29 is 0 Å². The number of benzene rings is 1. The van der Waals surface area contributed by atoms with Crippen LogP contribution in [-0.4, -0.2) is 31.1 Å². The molecule has 1 atom stereocenters. The van der Waals surface area contributed by atoms with E-state index in [1.54, 1.807) is 0 Å². The van der Waals surface area contributed by atoms with Crippen LogP contribution < -0.4 is 5.32 Å². The summed E-state index contributed by atoms with van der Waals surface area (Å²) in [4.78, 5) is 2.62. The van der Waals surface area contributed by atoms with E-state index in [2.05, 4.69) is 67.2 Å². The second-order valence-corrected chi connectivity index (χ2v) is 6.88. The van der Waals surface area contributed by atoms with Crippen molar-refractivity contribution in [3.8, 4) is 0 Å². The third-order valence-corrected chi connectivity index (χ3v) is 4.96. The fourth-order valence-corrected chi connectivity index (χ4v) is 3.59. The lowest BCUT2D eigenvalue weighted by Gasteiger charge is -2.36. The van der Waals surface area contributed by atoms with Crippen LogP contribution in [0.4, 0.5) is 0 Å². The van der Waals surface area contributed by atoms with Gasteiger partial charge >= 0.3 is 0 Å². The highest BCUT2D eigenvalue weighted by atomic mass is 79.9. The monoisotopic (exact) mass is 460 g/mol. The highest BCUT2D eigenvalue weighted by Gasteiger charge is 2.23.